The summed E-state index contributed by atoms with van der Waals surface area (Å²) in [6.07, 6.45) is 10.6. The van der Waals surface area contributed by atoms with E-state index in [4.69, 9.17) is 0 Å². The highest BCUT2D eigenvalue weighted by Crippen LogP contribution is 2.43. The van der Waals surface area contributed by atoms with Crippen LogP contribution in [0.5, 0.6) is 0 Å². The summed E-state index contributed by atoms with van der Waals surface area (Å²) in [7, 11) is 0. The quantitative estimate of drug-likeness (QED) is 0.536. The van der Waals surface area contributed by atoms with E-state index in [1.807, 2.05) is 47.7 Å². The summed E-state index contributed by atoms with van der Waals surface area (Å²) in [5.74, 6) is 0.445. The van der Waals surface area contributed by atoms with Crippen LogP contribution in [0, 0.1) is 17.8 Å². The molecule has 0 spiro atoms. The predicted octanol–water partition coefficient (Wildman–Crippen LogP) is 4.65. The van der Waals surface area contributed by atoms with Gasteiger partial charge in [-0.3, -0.25) is 0 Å². The Bertz CT molecular complexity index is 304. The maximum atomic E-state index is 14.3. The minimum absolute atomic E-state index is 0.0987. The fourth-order valence-corrected chi connectivity index (χ4v) is 3.48. The van der Waals surface area contributed by atoms with Gasteiger partial charge in [-0.05, 0) is 54.7 Å². The molecule has 1 nitrogen and oxygen atoms in total. The molecule has 1 aliphatic carbocycles. The Labute approximate surface area is 124 Å². The third kappa shape index (κ3) is 4.65. The smallest absolute Gasteiger partial charge is 0.165 e. The molecule has 3 heteroatoms. The van der Waals surface area contributed by atoms with Gasteiger partial charge in [-0.25, -0.2) is 4.39 Å². The molecular weight excluding hydrogens is 342 g/mol. The molecule has 0 aliphatic heterocycles. The molecule has 2 unspecified atom stereocenters. The molecule has 104 valence electrons. The molecule has 5 atom stereocenters. The van der Waals surface area contributed by atoms with E-state index in [-0.39, 0.29) is 17.9 Å². The van der Waals surface area contributed by atoms with Crippen LogP contribution >= 0.6 is 22.6 Å². The number of hydrogen-bond donors (Lipinski definition) is 1. The van der Waals surface area contributed by atoms with E-state index in [2.05, 4.69) is 13.0 Å². The molecule has 0 amide bonds. The van der Waals surface area contributed by atoms with E-state index in [9.17, 15) is 9.50 Å². The van der Waals surface area contributed by atoms with Gasteiger partial charge in [0, 0.05) is 5.92 Å². The third-order valence-electron chi connectivity index (χ3n) is 3.61. The third-order valence-corrected chi connectivity index (χ3v) is 4.33. The van der Waals surface area contributed by atoms with Crippen LogP contribution in [0.15, 0.2) is 24.3 Å². The first-order valence-electron chi connectivity index (χ1n) is 6.77. The first kappa shape index (κ1) is 16.2. The molecule has 0 aromatic carbocycles. The van der Waals surface area contributed by atoms with Crippen molar-refractivity contribution in [2.75, 3.05) is 0 Å². The Morgan fingerprint density at radius 2 is 2.00 bits per heavy atom. The van der Waals surface area contributed by atoms with E-state index < -0.39 is 3.68 Å². The lowest BCUT2D eigenvalue weighted by Crippen LogP contribution is -2.34. The second-order valence-electron chi connectivity index (χ2n) is 5.46. The second-order valence-corrected chi connectivity index (χ2v) is 7.57. The van der Waals surface area contributed by atoms with Crippen molar-refractivity contribution in [3.8, 4) is 0 Å². The Hall–Kier alpha value is 0.1000. The van der Waals surface area contributed by atoms with Crippen molar-refractivity contribution in [1.82, 2.24) is 0 Å². The van der Waals surface area contributed by atoms with Crippen LogP contribution < -0.4 is 0 Å². The molecule has 1 rings (SSSR count). The average molecular weight is 366 g/mol. The number of alkyl halides is 2. The normalized spacial score (nSPS) is 29.9. The van der Waals surface area contributed by atoms with Crippen LogP contribution in [0.1, 0.15) is 40.0 Å². The Balaban J connectivity index is 2.86. The van der Waals surface area contributed by atoms with Gasteiger partial charge in [0.05, 0.1) is 6.10 Å². The fourth-order valence-electron chi connectivity index (χ4n) is 2.86. The summed E-state index contributed by atoms with van der Waals surface area (Å²) < 4.78 is 13.1. The van der Waals surface area contributed by atoms with Crippen molar-refractivity contribution in [3.63, 3.8) is 0 Å². The predicted molar refractivity (Wildman–Crippen MR) is 83.5 cm³/mol. The zero-order valence-corrected chi connectivity index (χ0v) is 13.6. The molecule has 0 fully saturated rings. The Kier molecular flexibility index (Phi) is 6.31. The highest BCUT2D eigenvalue weighted by Gasteiger charge is 2.38. The van der Waals surface area contributed by atoms with Gasteiger partial charge in [0.1, 0.15) is 0 Å². The number of halogens is 2. The van der Waals surface area contributed by atoms with Crippen molar-refractivity contribution < 1.29 is 9.50 Å². The number of rotatable bonds is 6. The summed E-state index contributed by atoms with van der Waals surface area (Å²) in [6, 6.07) is 0. The Morgan fingerprint density at radius 1 is 1.39 bits per heavy atom. The number of aliphatic hydroxyl groups excluding tert-OH is 1. The van der Waals surface area contributed by atoms with Crippen LogP contribution in [0.2, 0.25) is 0 Å². The lowest BCUT2D eigenvalue weighted by molar-refractivity contribution is 0.114. The van der Waals surface area contributed by atoms with Crippen molar-refractivity contribution in [2.45, 2.75) is 49.8 Å². The molecule has 0 aromatic heterocycles. The van der Waals surface area contributed by atoms with Crippen molar-refractivity contribution in [1.29, 1.82) is 0 Å². The first-order chi connectivity index (χ1) is 8.36. The molecule has 0 saturated carbocycles. The summed E-state index contributed by atoms with van der Waals surface area (Å²) in [5.41, 5.74) is 0. The molecule has 0 aromatic rings. The van der Waals surface area contributed by atoms with Gasteiger partial charge in [-0.2, -0.15) is 0 Å². The van der Waals surface area contributed by atoms with Gasteiger partial charge in [0.25, 0.3) is 0 Å². The van der Waals surface area contributed by atoms with Gasteiger partial charge in [-0.15, -0.1) is 0 Å². The van der Waals surface area contributed by atoms with Gasteiger partial charge in [0.15, 0.2) is 3.68 Å². The van der Waals surface area contributed by atoms with Crippen LogP contribution in [0.3, 0.4) is 0 Å². The summed E-state index contributed by atoms with van der Waals surface area (Å²) >= 11 is 1.89. The lowest BCUT2D eigenvalue weighted by atomic mass is 9.73. The van der Waals surface area contributed by atoms with E-state index in [0.717, 1.165) is 19.3 Å². The monoisotopic (exact) mass is 366 g/mol. The average Bonchev–Trinajstić information content (AvgIpc) is 2.27. The van der Waals surface area contributed by atoms with E-state index in [0.29, 0.717) is 5.92 Å². The molecule has 0 saturated heterocycles. The van der Waals surface area contributed by atoms with Crippen LogP contribution in [0.25, 0.3) is 0 Å². The molecule has 0 radical (unpaired) electrons. The van der Waals surface area contributed by atoms with Gasteiger partial charge >= 0.3 is 0 Å². The number of hydrogen-bond acceptors (Lipinski definition) is 1. The van der Waals surface area contributed by atoms with E-state index >= 15 is 0 Å². The van der Waals surface area contributed by atoms with Crippen molar-refractivity contribution >= 4 is 22.6 Å². The maximum Gasteiger partial charge on any atom is 0.165 e. The molecule has 18 heavy (non-hydrogen) atoms. The summed E-state index contributed by atoms with van der Waals surface area (Å²) in [4.78, 5) is 0. The van der Waals surface area contributed by atoms with Crippen molar-refractivity contribution in [2.24, 2.45) is 17.8 Å². The largest absolute Gasteiger partial charge is 0.393 e. The standard InChI is InChI=1S/C15H24FIO/c1-4-7-12(10-11(2)18)13-8-5-6-9-14(13)15(3,16)17/h5-6,8-9,11-14,18H,4,7,10H2,1-3H3/t11-,12-,13?,14-,15?/m1/s1. The number of aliphatic hydroxyl groups is 1. The maximum absolute atomic E-state index is 14.3. The minimum atomic E-state index is -1.24. The zero-order chi connectivity index (χ0) is 13.8. The lowest BCUT2D eigenvalue weighted by Gasteiger charge is -2.36. The van der Waals surface area contributed by atoms with Crippen LogP contribution in [0.4, 0.5) is 4.39 Å². The minimum Gasteiger partial charge on any atom is -0.393 e. The molecule has 0 bridgehead atoms. The summed E-state index contributed by atoms with van der Waals surface area (Å²) in [6.45, 7) is 5.60. The fraction of sp³-hybridized carbons (Fsp3) is 0.733. The molecule has 0 heterocycles. The molecule has 1 N–H and O–H groups in total. The van der Waals surface area contributed by atoms with E-state index in [1.54, 1.807) is 6.92 Å². The first-order valence-corrected chi connectivity index (χ1v) is 7.85. The van der Waals surface area contributed by atoms with Crippen LogP contribution in [-0.2, 0) is 0 Å². The topological polar surface area (TPSA) is 20.2 Å². The van der Waals surface area contributed by atoms with Gasteiger partial charge in [-0.1, -0.05) is 44.1 Å². The van der Waals surface area contributed by atoms with Crippen molar-refractivity contribution in [3.05, 3.63) is 24.3 Å². The zero-order valence-electron chi connectivity index (χ0n) is 11.4. The second kappa shape index (κ2) is 7.04. The highest BCUT2D eigenvalue weighted by atomic mass is 127. The van der Waals surface area contributed by atoms with Gasteiger partial charge < -0.3 is 5.11 Å². The van der Waals surface area contributed by atoms with E-state index in [1.165, 1.54) is 0 Å². The number of allylic oxidation sites excluding steroid dienone is 4. The van der Waals surface area contributed by atoms with Gasteiger partial charge in [0.2, 0.25) is 0 Å². The molecular formula is C15H24FIO. The SMILES string of the molecule is CCC[C@H](C[C@@H](C)O)C1C=CC=C[C@H]1C(C)(F)I. The Morgan fingerprint density at radius 3 is 2.50 bits per heavy atom. The molecule has 1 aliphatic rings. The highest BCUT2D eigenvalue weighted by molar-refractivity contribution is 14.1. The van der Waals surface area contributed by atoms with Crippen LogP contribution in [-0.4, -0.2) is 14.9 Å². The summed E-state index contributed by atoms with van der Waals surface area (Å²) in [5, 5.41) is 9.63.